The van der Waals surface area contributed by atoms with E-state index in [0.29, 0.717) is 19.0 Å². The van der Waals surface area contributed by atoms with Crippen LogP contribution in [-0.4, -0.2) is 46.9 Å². The molecule has 25 heavy (non-hydrogen) atoms. The Morgan fingerprint density at radius 3 is 2.60 bits per heavy atom. The van der Waals surface area contributed by atoms with Gasteiger partial charge in [-0.1, -0.05) is 0 Å². The summed E-state index contributed by atoms with van der Waals surface area (Å²) in [6.07, 6.45) is 2.95. The van der Waals surface area contributed by atoms with E-state index >= 15 is 0 Å². The molecule has 0 spiro atoms. The number of primary sulfonamides is 1. The third-order valence-corrected chi connectivity index (χ3v) is 5.05. The zero-order valence-electron chi connectivity index (χ0n) is 15.5. The van der Waals surface area contributed by atoms with E-state index in [-0.39, 0.29) is 16.7 Å². The lowest BCUT2D eigenvalue weighted by Crippen LogP contribution is -2.45. The highest BCUT2D eigenvalue weighted by atomic mass is 32.2. The molecule has 0 radical (unpaired) electrons. The van der Waals surface area contributed by atoms with Crippen LogP contribution in [0.1, 0.15) is 47.5 Å². The van der Waals surface area contributed by atoms with Crippen molar-refractivity contribution >= 4 is 16.1 Å². The first-order chi connectivity index (χ1) is 11.3. The molecule has 8 nitrogen and oxygen atoms in total. The summed E-state index contributed by atoms with van der Waals surface area (Å²) in [5.41, 5.74) is -0.798. The molecule has 0 unspecified atom stereocenters. The van der Waals surface area contributed by atoms with Gasteiger partial charge in [0.1, 0.15) is 5.60 Å². The lowest BCUT2D eigenvalue weighted by Gasteiger charge is -2.33. The van der Waals surface area contributed by atoms with Gasteiger partial charge in [-0.2, -0.15) is 5.10 Å². The first kappa shape index (κ1) is 19.7. The van der Waals surface area contributed by atoms with Gasteiger partial charge < -0.3 is 9.64 Å². The number of sulfonamides is 1. The van der Waals surface area contributed by atoms with Gasteiger partial charge in [0.05, 0.1) is 0 Å². The summed E-state index contributed by atoms with van der Waals surface area (Å²) < 4.78 is 29.6. The average Bonchev–Trinajstić information content (AvgIpc) is 2.97. The Labute approximate surface area is 149 Å². The molecular weight excluding hydrogens is 344 g/mol. The SMILES string of the molecule is CC(C)(C)OC(=O)N1C[C@@H](CCn2ccc(S(N)(=O)=O)n2)CC1(C)C. The van der Waals surface area contributed by atoms with Crippen LogP contribution in [0.5, 0.6) is 0 Å². The van der Waals surface area contributed by atoms with E-state index in [1.807, 2.05) is 34.6 Å². The zero-order chi connectivity index (χ0) is 19.0. The molecule has 1 saturated heterocycles. The predicted molar refractivity (Wildman–Crippen MR) is 93.3 cm³/mol. The van der Waals surface area contributed by atoms with Crippen LogP contribution in [0.2, 0.25) is 0 Å². The van der Waals surface area contributed by atoms with Crippen LogP contribution >= 0.6 is 0 Å². The van der Waals surface area contributed by atoms with Crippen molar-refractivity contribution in [1.29, 1.82) is 0 Å². The van der Waals surface area contributed by atoms with Crippen molar-refractivity contribution in [1.82, 2.24) is 14.7 Å². The van der Waals surface area contributed by atoms with Gasteiger partial charge in [-0.3, -0.25) is 4.68 Å². The number of ether oxygens (including phenoxy) is 1. The maximum atomic E-state index is 12.4. The number of hydrogen-bond acceptors (Lipinski definition) is 5. The number of amides is 1. The molecule has 0 aromatic carbocycles. The maximum Gasteiger partial charge on any atom is 0.410 e. The Morgan fingerprint density at radius 2 is 2.08 bits per heavy atom. The van der Waals surface area contributed by atoms with Gasteiger partial charge in [0.15, 0.2) is 5.03 Å². The first-order valence-corrected chi connectivity index (χ1v) is 9.89. The van der Waals surface area contributed by atoms with Gasteiger partial charge in [-0.25, -0.2) is 18.4 Å². The molecule has 1 amide bonds. The fourth-order valence-electron chi connectivity index (χ4n) is 3.15. The molecule has 0 saturated carbocycles. The molecule has 1 aromatic heterocycles. The second-order valence-electron chi connectivity index (χ2n) is 8.22. The predicted octanol–water partition coefficient (Wildman–Crippen LogP) is 1.96. The highest BCUT2D eigenvalue weighted by Gasteiger charge is 2.42. The van der Waals surface area contributed by atoms with E-state index < -0.39 is 15.6 Å². The van der Waals surface area contributed by atoms with Gasteiger partial charge in [0.2, 0.25) is 0 Å². The molecule has 9 heteroatoms. The number of rotatable bonds is 4. The van der Waals surface area contributed by atoms with E-state index in [2.05, 4.69) is 5.10 Å². The smallest absolute Gasteiger partial charge is 0.410 e. The Balaban J connectivity index is 1.96. The van der Waals surface area contributed by atoms with E-state index in [0.717, 1.165) is 12.8 Å². The molecule has 142 valence electrons. The van der Waals surface area contributed by atoms with Crippen LogP contribution < -0.4 is 5.14 Å². The van der Waals surface area contributed by atoms with Crippen LogP contribution in [0.4, 0.5) is 4.79 Å². The molecule has 1 aliphatic rings. The normalized spacial score (nSPS) is 20.7. The first-order valence-electron chi connectivity index (χ1n) is 8.35. The summed E-state index contributed by atoms with van der Waals surface area (Å²) in [5, 5.41) is 8.91. The number of hydrogen-bond donors (Lipinski definition) is 1. The van der Waals surface area contributed by atoms with Crippen molar-refractivity contribution in [2.75, 3.05) is 6.54 Å². The van der Waals surface area contributed by atoms with Crippen molar-refractivity contribution in [2.45, 2.75) is 70.2 Å². The van der Waals surface area contributed by atoms with Crippen LogP contribution in [0.15, 0.2) is 17.3 Å². The minimum atomic E-state index is -3.78. The monoisotopic (exact) mass is 372 g/mol. The Bertz CT molecular complexity index is 734. The zero-order valence-corrected chi connectivity index (χ0v) is 16.3. The van der Waals surface area contributed by atoms with E-state index in [1.165, 1.54) is 6.07 Å². The molecule has 0 aliphatic carbocycles. The third kappa shape index (κ3) is 5.18. The highest BCUT2D eigenvalue weighted by Crippen LogP contribution is 2.35. The summed E-state index contributed by atoms with van der Waals surface area (Å²) in [4.78, 5) is 14.2. The van der Waals surface area contributed by atoms with E-state index in [9.17, 15) is 13.2 Å². The summed E-state index contributed by atoms with van der Waals surface area (Å²) in [6.45, 7) is 10.8. The molecule has 2 N–H and O–H groups in total. The number of aryl methyl sites for hydroxylation is 1. The minimum absolute atomic E-state index is 0.130. The van der Waals surface area contributed by atoms with Crippen molar-refractivity contribution < 1.29 is 17.9 Å². The second-order valence-corrected chi connectivity index (χ2v) is 9.73. The van der Waals surface area contributed by atoms with Crippen molar-refractivity contribution in [2.24, 2.45) is 11.1 Å². The molecular formula is C16H28N4O4S. The summed E-state index contributed by atoms with van der Waals surface area (Å²) in [5.74, 6) is 0.296. The third-order valence-electron chi connectivity index (χ3n) is 4.25. The number of aromatic nitrogens is 2. The van der Waals surface area contributed by atoms with Crippen molar-refractivity contribution in [3.05, 3.63) is 12.3 Å². The summed E-state index contributed by atoms with van der Waals surface area (Å²) in [7, 11) is -3.78. The molecule has 1 atom stereocenters. The molecule has 0 bridgehead atoms. The van der Waals surface area contributed by atoms with Crippen LogP contribution in [0.25, 0.3) is 0 Å². The number of likely N-dealkylation sites (tertiary alicyclic amines) is 1. The standard InChI is InChI=1S/C16H28N4O4S/c1-15(2,3)24-14(21)20-11-12(10-16(20,4)5)6-8-19-9-7-13(18-19)25(17,22)23/h7,9,12H,6,8,10-11H2,1-5H3,(H2,17,22,23)/t12-/m0/s1. The van der Waals surface area contributed by atoms with Gasteiger partial charge in [-0.05, 0) is 59.4 Å². The quantitative estimate of drug-likeness (QED) is 0.869. The lowest BCUT2D eigenvalue weighted by atomic mass is 9.94. The molecule has 1 aromatic rings. The molecule has 2 rings (SSSR count). The minimum Gasteiger partial charge on any atom is -0.444 e. The van der Waals surface area contributed by atoms with E-state index in [1.54, 1.807) is 15.8 Å². The summed E-state index contributed by atoms with van der Waals surface area (Å²) in [6, 6.07) is 1.39. The Hall–Kier alpha value is -1.61. The van der Waals surface area contributed by atoms with Crippen molar-refractivity contribution in [3.8, 4) is 0 Å². The number of nitrogens with zero attached hydrogens (tertiary/aromatic N) is 3. The largest absolute Gasteiger partial charge is 0.444 e. The van der Waals surface area contributed by atoms with Gasteiger partial charge in [0, 0.05) is 24.8 Å². The molecule has 2 heterocycles. The van der Waals surface area contributed by atoms with Crippen LogP contribution in [-0.2, 0) is 21.3 Å². The van der Waals surface area contributed by atoms with Gasteiger partial charge in [0.25, 0.3) is 10.0 Å². The Kier molecular flexibility index (Phi) is 5.21. The van der Waals surface area contributed by atoms with Gasteiger partial charge >= 0.3 is 6.09 Å². The molecule has 1 fully saturated rings. The fraction of sp³-hybridized carbons (Fsp3) is 0.750. The lowest BCUT2D eigenvalue weighted by molar-refractivity contribution is 0.0130. The van der Waals surface area contributed by atoms with Gasteiger partial charge in [-0.15, -0.1) is 0 Å². The maximum absolute atomic E-state index is 12.4. The average molecular weight is 372 g/mol. The number of carbonyl (C=O) groups is 1. The number of nitrogens with two attached hydrogens (primary N) is 1. The Morgan fingerprint density at radius 1 is 1.44 bits per heavy atom. The van der Waals surface area contributed by atoms with Crippen molar-refractivity contribution in [3.63, 3.8) is 0 Å². The summed E-state index contributed by atoms with van der Waals surface area (Å²) >= 11 is 0. The highest BCUT2D eigenvalue weighted by molar-refractivity contribution is 7.89. The number of carbonyl (C=O) groups excluding carboxylic acids is 1. The topological polar surface area (TPSA) is 108 Å². The molecule has 1 aliphatic heterocycles. The van der Waals surface area contributed by atoms with E-state index in [4.69, 9.17) is 9.88 Å². The van der Waals surface area contributed by atoms with Crippen LogP contribution in [0, 0.1) is 5.92 Å². The van der Waals surface area contributed by atoms with Crippen LogP contribution in [0.3, 0.4) is 0 Å². The fourth-order valence-corrected chi connectivity index (χ4v) is 3.62. The second kappa shape index (κ2) is 6.60.